The second-order valence-corrected chi connectivity index (χ2v) is 2.84. The Bertz CT molecular complexity index is 402. The second-order valence-electron chi connectivity index (χ2n) is 2.84. The lowest BCUT2D eigenvalue weighted by atomic mass is 10.1. The number of allylic oxidation sites excluding steroid dienone is 2. The molecule has 0 aliphatic carbocycles. The number of rotatable bonds is 1. The van der Waals surface area contributed by atoms with Gasteiger partial charge in [0.1, 0.15) is 0 Å². The summed E-state index contributed by atoms with van der Waals surface area (Å²) in [5.74, 6) is 2.83. The first kappa shape index (κ1) is 12.8. The first-order chi connectivity index (χ1) is 6.75. The zero-order chi connectivity index (χ0) is 11.0. The molecule has 0 spiro atoms. The maximum absolute atomic E-state index is 3.97. The lowest BCUT2D eigenvalue weighted by Crippen LogP contribution is -2.24. The predicted octanol–water partition coefficient (Wildman–Crippen LogP) is 2.38. The molecule has 0 fully saturated rings. The zero-order valence-electron chi connectivity index (χ0n) is 8.79. The molecular formula is C13H16S. The van der Waals surface area contributed by atoms with Crippen LogP contribution in [-0.4, -0.2) is 5.87 Å². The van der Waals surface area contributed by atoms with E-state index >= 15 is 0 Å². The van der Waals surface area contributed by atoms with Gasteiger partial charge in [-0.05, 0) is 35.7 Å². The van der Waals surface area contributed by atoms with Gasteiger partial charge in [0.2, 0.25) is 0 Å². The van der Waals surface area contributed by atoms with E-state index in [1.165, 1.54) is 10.8 Å². The van der Waals surface area contributed by atoms with Crippen LogP contribution in [0.3, 0.4) is 0 Å². The minimum Gasteiger partial charge on any atom is -0.0973 e. The quantitative estimate of drug-likeness (QED) is 0.633. The van der Waals surface area contributed by atoms with Gasteiger partial charge in [0.15, 0.2) is 0 Å². The molecule has 0 saturated carbocycles. The van der Waals surface area contributed by atoms with Crippen molar-refractivity contribution < 1.29 is 0 Å². The largest absolute Gasteiger partial charge is 0.0973 e. The van der Waals surface area contributed by atoms with Crippen LogP contribution in [0.25, 0.3) is 12.7 Å². The summed E-state index contributed by atoms with van der Waals surface area (Å²) in [6.07, 6.45) is 6.15. The minimum atomic E-state index is 1.09. The summed E-state index contributed by atoms with van der Waals surface area (Å²) >= 11 is 3.83. The Morgan fingerprint density at radius 1 is 1.29 bits per heavy atom. The van der Waals surface area contributed by atoms with Gasteiger partial charge in [0.25, 0.3) is 0 Å². The van der Waals surface area contributed by atoms with Gasteiger partial charge in [-0.3, -0.25) is 0 Å². The van der Waals surface area contributed by atoms with Gasteiger partial charge < -0.3 is 0 Å². The predicted molar refractivity (Wildman–Crippen MR) is 69.9 cm³/mol. The third-order valence-electron chi connectivity index (χ3n) is 1.87. The summed E-state index contributed by atoms with van der Waals surface area (Å²) in [6.45, 7) is 8.08. The maximum atomic E-state index is 3.97. The molecule has 0 heterocycles. The smallest absolute Gasteiger partial charge is 0.0161 e. The fraction of sp³-hybridized carbons (Fsp3) is 0.154. The molecule has 0 saturated heterocycles. The molecule has 0 aliphatic heterocycles. The highest BCUT2D eigenvalue weighted by Gasteiger charge is 1.85. The van der Waals surface area contributed by atoms with Crippen molar-refractivity contribution in [3.05, 3.63) is 46.4 Å². The first-order valence-corrected chi connectivity index (χ1v) is 5.00. The SMILES string of the molecule is C=S.C=c1cccc(C)/c1=C/C=C\C. The maximum Gasteiger partial charge on any atom is -0.0161 e. The monoisotopic (exact) mass is 204 g/mol. The van der Waals surface area contributed by atoms with Gasteiger partial charge in [-0.2, -0.15) is 0 Å². The van der Waals surface area contributed by atoms with Crippen LogP contribution < -0.4 is 10.4 Å². The Kier molecular flexibility index (Phi) is 6.59. The van der Waals surface area contributed by atoms with Crippen LogP contribution in [0, 0.1) is 6.92 Å². The van der Waals surface area contributed by atoms with Gasteiger partial charge in [-0.1, -0.05) is 55.2 Å². The van der Waals surface area contributed by atoms with E-state index in [1.807, 2.05) is 31.2 Å². The van der Waals surface area contributed by atoms with E-state index in [0.29, 0.717) is 0 Å². The van der Waals surface area contributed by atoms with Crippen LogP contribution in [0.15, 0.2) is 30.4 Å². The molecule has 1 aromatic carbocycles. The molecule has 0 nitrogen and oxygen atoms in total. The second kappa shape index (κ2) is 7.22. The van der Waals surface area contributed by atoms with Crippen LogP contribution >= 0.6 is 12.2 Å². The van der Waals surface area contributed by atoms with E-state index in [9.17, 15) is 0 Å². The molecule has 74 valence electrons. The molecule has 0 N–H and O–H groups in total. The average Bonchev–Trinajstić information content (AvgIpc) is 2.20. The van der Waals surface area contributed by atoms with Gasteiger partial charge in [-0.25, -0.2) is 0 Å². The van der Waals surface area contributed by atoms with Gasteiger partial charge in [0.05, 0.1) is 0 Å². The van der Waals surface area contributed by atoms with E-state index in [4.69, 9.17) is 0 Å². The van der Waals surface area contributed by atoms with Crippen LogP contribution in [0.4, 0.5) is 0 Å². The Morgan fingerprint density at radius 3 is 2.43 bits per heavy atom. The summed E-state index contributed by atoms with van der Waals surface area (Å²) < 4.78 is 0. The molecule has 0 bridgehead atoms. The lowest BCUT2D eigenvalue weighted by Gasteiger charge is -1.92. The van der Waals surface area contributed by atoms with E-state index < -0.39 is 0 Å². The molecule has 0 atom stereocenters. The summed E-state index contributed by atoms with van der Waals surface area (Å²) in [4.78, 5) is 0. The molecule has 1 aromatic rings. The van der Waals surface area contributed by atoms with E-state index in [2.05, 4.69) is 43.7 Å². The Hall–Kier alpha value is -1.21. The summed E-state index contributed by atoms with van der Waals surface area (Å²) in [5.41, 5.74) is 1.28. The average molecular weight is 204 g/mol. The summed E-state index contributed by atoms with van der Waals surface area (Å²) in [6, 6.07) is 6.16. The van der Waals surface area contributed by atoms with Crippen molar-refractivity contribution in [1.82, 2.24) is 0 Å². The fourth-order valence-electron chi connectivity index (χ4n) is 1.17. The summed E-state index contributed by atoms with van der Waals surface area (Å²) in [7, 11) is 0. The van der Waals surface area contributed by atoms with Gasteiger partial charge >= 0.3 is 0 Å². The van der Waals surface area contributed by atoms with E-state index in [0.717, 1.165) is 5.22 Å². The molecule has 14 heavy (non-hydrogen) atoms. The van der Waals surface area contributed by atoms with E-state index in [-0.39, 0.29) is 0 Å². The van der Waals surface area contributed by atoms with Gasteiger partial charge in [-0.15, -0.1) is 0 Å². The molecule has 0 radical (unpaired) electrons. The molecule has 0 aromatic heterocycles. The van der Waals surface area contributed by atoms with Gasteiger partial charge in [0, 0.05) is 0 Å². The van der Waals surface area contributed by atoms with Crippen molar-refractivity contribution in [2.24, 2.45) is 0 Å². The van der Waals surface area contributed by atoms with Crippen LogP contribution in [-0.2, 0) is 0 Å². The Balaban J connectivity index is 0.000000791. The number of thiocarbonyl (C=S) groups is 1. The molecule has 0 aliphatic rings. The fourth-order valence-corrected chi connectivity index (χ4v) is 1.17. The van der Waals surface area contributed by atoms with Crippen molar-refractivity contribution in [3.8, 4) is 0 Å². The number of hydrogen-bond donors (Lipinski definition) is 0. The molecule has 0 amide bonds. The molecule has 0 unspecified atom stereocenters. The third-order valence-corrected chi connectivity index (χ3v) is 1.87. The first-order valence-electron chi connectivity index (χ1n) is 4.42. The number of aryl methyl sites for hydroxylation is 1. The highest BCUT2D eigenvalue weighted by atomic mass is 32.1. The highest BCUT2D eigenvalue weighted by Crippen LogP contribution is 1.83. The normalized spacial score (nSPS) is 11.1. The van der Waals surface area contributed by atoms with Crippen LogP contribution in [0.2, 0.25) is 0 Å². The van der Waals surface area contributed by atoms with Crippen LogP contribution in [0.5, 0.6) is 0 Å². The van der Waals surface area contributed by atoms with Crippen molar-refractivity contribution in [2.75, 3.05) is 0 Å². The minimum absolute atomic E-state index is 1.09. The number of benzene rings is 1. The Morgan fingerprint density at radius 2 is 1.93 bits per heavy atom. The van der Waals surface area contributed by atoms with Crippen molar-refractivity contribution in [3.63, 3.8) is 0 Å². The molecule has 1 heteroatoms. The molecular weight excluding hydrogens is 188 g/mol. The highest BCUT2D eigenvalue weighted by molar-refractivity contribution is 7.77. The van der Waals surface area contributed by atoms with E-state index in [1.54, 1.807) is 0 Å². The Labute approximate surface area is 91.3 Å². The number of hydrogen-bond acceptors (Lipinski definition) is 1. The topological polar surface area (TPSA) is 0 Å². The third kappa shape index (κ3) is 3.67. The lowest BCUT2D eigenvalue weighted by molar-refractivity contribution is 1.37. The standard InChI is InChI=1S/C12H14.CH2S/c1-4-5-9-12-10(2)7-6-8-11(12)3;1-2/h4-9H,2H2,1,3H3;1H2/b5-4-,12-9+;. The van der Waals surface area contributed by atoms with Crippen molar-refractivity contribution in [2.45, 2.75) is 13.8 Å². The summed E-state index contributed by atoms with van der Waals surface area (Å²) in [5, 5.41) is 2.32. The van der Waals surface area contributed by atoms with Crippen LogP contribution in [0.1, 0.15) is 12.5 Å². The zero-order valence-corrected chi connectivity index (χ0v) is 9.60. The van der Waals surface area contributed by atoms with Crippen molar-refractivity contribution >= 4 is 30.7 Å². The van der Waals surface area contributed by atoms with Crippen molar-refractivity contribution in [1.29, 1.82) is 0 Å². The molecule has 1 rings (SSSR count).